The van der Waals surface area contributed by atoms with Crippen LogP contribution < -0.4 is 14.4 Å². The molecule has 1 fully saturated rings. The molecular formula is C22H26N2O5S. The average Bonchev–Trinajstić information content (AvgIpc) is 2.78. The fourth-order valence-corrected chi connectivity index (χ4v) is 5.87. The first-order chi connectivity index (χ1) is 14.4. The molecule has 2 aromatic carbocycles. The highest BCUT2D eigenvalue weighted by atomic mass is 32.2. The molecule has 30 heavy (non-hydrogen) atoms. The molecule has 2 aromatic rings. The van der Waals surface area contributed by atoms with Crippen LogP contribution in [0.3, 0.4) is 0 Å². The smallest absolute Gasteiger partial charge is 0.246 e. The van der Waals surface area contributed by atoms with E-state index in [0.29, 0.717) is 44.0 Å². The number of rotatable bonds is 4. The van der Waals surface area contributed by atoms with Gasteiger partial charge in [0, 0.05) is 13.1 Å². The van der Waals surface area contributed by atoms with Crippen LogP contribution in [0.25, 0.3) is 0 Å². The van der Waals surface area contributed by atoms with E-state index in [1.54, 1.807) is 17.0 Å². The summed E-state index contributed by atoms with van der Waals surface area (Å²) < 4.78 is 39.1. The minimum atomic E-state index is -3.77. The molecule has 0 unspecified atom stereocenters. The molecule has 8 heteroatoms. The molecule has 0 spiro atoms. The van der Waals surface area contributed by atoms with Gasteiger partial charge in [0.25, 0.3) is 0 Å². The maximum absolute atomic E-state index is 13.4. The standard InChI is InChI=1S/C22H26N2O5S/c1-16-9-10-20(28-2)21(14-16)30(26,27)23-11-5-6-17(15-23)22(25)24-12-13-29-19-8-4-3-7-18(19)24/h3-4,7-10,14,17H,5-6,11-13,15H2,1-2H3/t17-/m1/s1. The summed E-state index contributed by atoms with van der Waals surface area (Å²) in [4.78, 5) is 15.2. The fourth-order valence-electron chi connectivity index (χ4n) is 4.11. The number of benzene rings is 2. The van der Waals surface area contributed by atoms with Crippen molar-refractivity contribution in [2.45, 2.75) is 24.7 Å². The lowest BCUT2D eigenvalue weighted by molar-refractivity contribution is -0.123. The van der Waals surface area contributed by atoms with Crippen molar-refractivity contribution in [3.05, 3.63) is 48.0 Å². The summed E-state index contributed by atoms with van der Waals surface area (Å²) >= 11 is 0. The first kappa shape index (κ1) is 20.7. The molecule has 4 rings (SSSR count). The summed E-state index contributed by atoms with van der Waals surface area (Å²) in [6, 6.07) is 12.6. The molecule has 0 radical (unpaired) electrons. The van der Waals surface area contributed by atoms with Gasteiger partial charge < -0.3 is 14.4 Å². The topological polar surface area (TPSA) is 76.2 Å². The van der Waals surface area contributed by atoms with Crippen molar-refractivity contribution < 1.29 is 22.7 Å². The summed E-state index contributed by atoms with van der Waals surface area (Å²) in [5.74, 6) is 0.551. The maximum Gasteiger partial charge on any atom is 0.246 e. The molecule has 2 heterocycles. The van der Waals surface area contributed by atoms with Crippen LogP contribution in [0.1, 0.15) is 18.4 Å². The van der Waals surface area contributed by atoms with E-state index in [1.165, 1.54) is 11.4 Å². The molecule has 0 bridgehead atoms. The number of carbonyl (C=O) groups is 1. The summed E-state index contributed by atoms with van der Waals surface area (Å²) in [6.07, 6.45) is 1.30. The first-order valence-corrected chi connectivity index (χ1v) is 11.5. The average molecular weight is 431 g/mol. The van der Waals surface area contributed by atoms with Crippen LogP contribution in [-0.4, -0.2) is 52.0 Å². The molecule has 7 nitrogen and oxygen atoms in total. The predicted molar refractivity (Wildman–Crippen MR) is 114 cm³/mol. The number of hydrogen-bond donors (Lipinski definition) is 0. The predicted octanol–water partition coefficient (Wildman–Crippen LogP) is 2.83. The van der Waals surface area contributed by atoms with Crippen molar-refractivity contribution in [3.8, 4) is 11.5 Å². The Morgan fingerprint density at radius 3 is 2.77 bits per heavy atom. The van der Waals surface area contributed by atoms with Crippen LogP contribution in [0.5, 0.6) is 11.5 Å². The number of nitrogens with zero attached hydrogens (tertiary/aromatic N) is 2. The SMILES string of the molecule is COc1ccc(C)cc1S(=O)(=O)N1CCC[C@@H](C(=O)N2CCOc3ccccc32)C1. The summed E-state index contributed by atoms with van der Waals surface area (Å²) in [7, 11) is -2.31. The van der Waals surface area contributed by atoms with Gasteiger partial charge in [0.1, 0.15) is 23.0 Å². The van der Waals surface area contributed by atoms with Crippen LogP contribution in [0.4, 0.5) is 5.69 Å². The van der Waals surface area contributed by atoms with Gasteiger partial charge in [0.15, 0.2) is 0 Å². The van der Waals surface area contributed by atoms with Gasteiger partial charge in [-0.05, 0) is 49.6 Å². The van der Waals surface area contributed by atoms with Crippen molar-refractivity contribution in [2.24, 2.45) is 5.92 Å². The van der Waals surface area contributed by atoms with Crippen molar-refractivity contribution in [2.75, 3.05) is 38.3 Å². The van der Waals surface area contributed by atoms with Crippen LogP contribution >= 0.6 is 0 Å². The van der Waals surface area contributed by atoms with Gasteiger partial charge in [-0.25, -0.2) is 8.42 Å². The number of anilines is 1. The number of para-hydroxylation sites is 2. The van der Waals surface area contributed by atoms with Gasteiger partial charge in [-0.15, -0.1) is 0 Å². The molecule has 0 N–H and O–H groups in total. The molecule has 160 valence electrons. The number of hydrogen-bond acceptors (Lipinski definition) is 5. The molecule has 0 aromatic heterocycles. The highest BCUT2D eigenvalue weighted by molar-refractivity contribution is 7.89. The normalized spacial score (nSPS) is 19.7. The van der Waals surface area contributed by atoms with E-state index in [4.69, 9.17) is 9.47 Å². The molecule has 2 aliphatic rings. The zero-order valence-corrected chi connectivity index (χ0v) is 18.0. The van der Waals surface area contributed by atoms with Gasteiger partial charge >= 0.3 is 0 Å². The number of methoxy groups -OCH3 is 1. The number of fused-ring (bicyclic) bond motifs is 1. The first-order valence-electron chi connectivity index (χ1n) is 10.1. The Morgan fingerprint density at radius 2 is 1.97 bits per heavy atom. The van der Waals surface area contributed by atoms with Crippen molar-refractivity contribution in [3.63, 3.8) is 0 Å². The fraction of sp³-hybridized carbons (Fsp3) is 0.409. The largest absolute Gasteiger partial charge is 0.495 e. The van der Waals surface area contributed by atoms with Gasteiger partial charge in [-0.1, -0.05) is 18.2 Å². The van der Waals surface area contributed by atoms with Crippen LogP contribution in [0, 0.1) is 12.8 Å². The third-order valence-electron chi connectivity index (χ3n) is 5.66. The number of aryl methyl sites for hydroxylation is 1. The Bertz CT molecular complexity index is 1050. The van der Waals surface area contributed by atoms with E-state index in [0.717, 1.165) is 11.3 Å². The number of ether oxygens (including phenoxy) is 2. The van der Waals surface area contributed by atoms with Gasteiger partial charge in [0.05, 0.1) is 25.3 Å². The molecule has 1 saturated heterocycles. The van der Waals surface area contributed by atoms with E-state index < -0.39 is 15.9 Å². The molecule has 0 saturated carbocycles. The van der Waals surface area contributed by atoms with Crippen LogP contribution in [0.15, 0.2) is 47.4 Å². The van der Waals surface area contributed by atoms with Crippen molar-refractivity contribution in [1.82, 2.24) is 4.31 Å². The monoisotopic (exact) mass is 430 g/mol. The van der Waals surface area contributed by atoms with E-state index in [2.05, 4.69) is 0 Å². The minimum absolute atomic E-state index is 0.0538. The second-order valence-corrected chi connectivity index (χ2v) is 9.57. The minimum Gasteiger partial charge on any atom is -0.495 e. The van der Waals surface area contributed by atoms with E-state index in [-0.39, 0.29) is 17.3 Å². The lowest BCUT2D eigenvalue weighted by atomic mass is 9.97. The number of amides is 1. The van der Waals surface area contributed by atoms with E-state index >= 15 is 0 Å². The Hall–Kier alpha value is -2.58. The summed E-state index contributed by atoms with van der Waals surface area (Å²) in [5, 5.41) is 0. The van der Waals surface area contributed by atoms with Gasteiger partial charge in [-0.3, -0.25) is 4.79 Å². The summed E-state index contributed by atoms with van der Waals surface area (Å²) in [5.41, 5.74) is 1.58. The number of carbonyl (C=O) groups excluding carboxylic acids is 1. The molecule has 0 aliphatic carbocycles. The van der Waals surface area contributed by atoms with E-state index in [9.17, 15) is 13.2 Å². The zero-order valence-electron chi connectivity index (χ0n) is 17.2. The Morgan fingerprint density at radius 1 is 1.17 bits per heavy atom. The van der Waals surface area contributed by atoms with E-state index in [1.807, 2.05) is 37.3 Å². The third kappa shape index (κ3) is 3.77. The maximum atomic E-state index is 13.4. The molecule has 1 atom stereocenters. The summed E-state index contributed by atoms with van der Waals surface area (Å²) in [6.45, 7) is 3.29. The molecular weight excluding hydrogens is 404 g/mol. The Labute approximate surface area is 177 Å². The van der Waals surface area contributed by atoms with Crippen LogP contribution in [-0.2, 0) is 14.8 Å². The highest BCUT2D eigenvalue weighted by Gasteiger charge is 2.37. The lowest BCUT2D eigenvalue weighted by Crippen LogP contribution is -2.48. The van der Waals surface area contributed by atoms with Crippen LogP contribution in [0.2, 0.25) is 0 Å². The highest BCUT2D eigenvalue weighted by Crippen LogP contribution is 2.35. The quantitative estimate of drug-likeness (QED) is 0.746. The second-order valence-electron chi connectivity index (χ2n) is 7.66. The second kappa shape index (κ2) is 8.28. The molecule has 1 amide bonds. The van der Waals surface area contributed by atoms with Gasteiger partial charge in [0.2, 0.25) is 15.9 Å². The third-order valence-corrected chi connectivity index (χ3v) is 7.55. The molecule has 2 aliphatic heterocycles. The van der Waals surface area contributed by atoms with Crippen molar-refractivity contribution >= 4 is 21.6 Å². The van der Waals surface area contributed by atoms with Crippen molar-refractivity contribution in [1.29, 1.82) is 0 Å². The Kier molecular flexibility index (Phi) is 5.71. The number of sulfonamides is 1. The Balaban J connectivity index is 1.58. The number of piperidine rings is 1. The zero-order chi connectivity index (χ0) is 21.3. The lowest BCUT2D eigenvalue weighted by Gasteiger charge is -2.36. The van der Waals surface area contributed by atoms with Gasteiger partial charge in [-0.2, -0.15) is 4.31 Å².